The zero-order valence-electron chi connectivity index (χ0n) is 9.91. The summed E-state index contributed by atoms with van der Waals surface area (Å²) in [5.74, 6) is -0.161. The normalized spacial score (nSPS) is 10.3. The van der Waals surface area contributed by atoms with E-state index in [1.165, 1.54) is 11.3 Å². The van der Waals surface area contributed by atoms with E-state index in [1.54, 1.807) is 6.07 Å². The number of benzene rings is 1. The number of amides is 1. The first kappa shape index (κ1) is 16.5. The zero-order valence-corrected chi connectivity index (χ0v) is 13.1. The predicted molar refractivity (Wildman–Crippen MR) is 85.1 cm³/mol. The molecule has 1 amide bonds. The molecule has 19 heavy (non-hydrogen) atoms. The zero-order chi connectivity index (χ0) is 13.1. The first-order chi connectivity index (χ1) is 8.63. The van der Waals surface area contributed by atoms with Crippen molar-refractivity contribution in [3.05, 3.63) is 33.1 Å². The second-order valence-electron chi connectivity index (χ2n) is 3.78. The van der Waals surface area contributed by atoms with E-state index >= 15 is 0 Å². The van der Waals surface area contributed by atoms with Crippen molar-refractivity contribution < 1.29 is 4.79 Å². The second kappa shape index (κ2) is 7.31. The quantitative estimate of drug-likeness (QED) is 0.834. The average molecular weight is 340 g/mol. The Kier molecular flexibility index (Phi) is 6.36. The van der Waals surface area contributed by atoms with Crippen LogP contribution in [0.1, 0.15) is 16.1 Å². The van der Waals surface area contributed by atoms with Crippen LogP contribution in [0.4, 0.5) is 0 Å². The molecule has 0 fully saturated rings. The summed E-state index contributed by atoms with van der Waals surface area (Å²) in [7, 11) is 0. The lowest BCUT2D eigenvalue weighted by Crippen LogP contribution is -2.25. The van der Waals surface area contributed by atoms with E-state index in [2.05, 4.69) is 5.32 Å². The summed E-state index contributed by atoms with van der Waals surface area (Å²) in [5, 5.41) is 4.76. The Morgan fingerprint density at radius 2 is 2.11 bits per heavy atom. The van der Waals surface area contributed by atoms with E-state index in [0.717, 1.165) is 16.5 Å². The minimum absolute atomic E-state index is 0. The summed E-state index contributed by atoms with van der Waals surface area (Å²) in [6.07, 6.45) is 0.750. The van der Waals surface area contributed by atoms with Crippen molar-refractivity contribution in [3.63, 3.8) is 0 Å². The summed E-state index contributed by atoms with van der Waals surface area (Å²) in [5.41, 5.74) is 5.37. The summed E-state index contributed by atoms with van der Waals surface area (Å²) >= 11 is 13.5. The number of hydrogen-bond acceptors (Lipinski definition) is 3. The monoisotopic (exact) mass is 338 g/mol. The fourth-order valence-electron chi connectivity index (χ4n) is 1.57. The summed E-state index contributed by atoms with van der Waals surface area (Å²) in [6, 6.07) is 5.40. The minimum atomic E-state index is -0.161. The van der Waals surface area contributed by atoms with Crippen molar-refractivity contribution in [1.29, 1.82) is 0 Å². The molecule has 0 bridgehead atoms. The molecule has 0 aliphatic heterocycles. The molecule has 1 aromatic heterocycles. The molecule has 0 aliphatic rings. The van der Waals surface area contributed by atoms with Gasteiger partial charge in [0.2, 0.25) is 0 Å². The number of nitrogens with one attached hydrogen (secondary N) is 1. The van der Waals surface area contributed by atoms with Crippen LogP contribution in [0.3, 0.4) is 0 Å². The second-order valence-corrected chi connectivity index (χ2v) is 5.65. The lowest BCUT2D eigenvalue weighted by atomic mass is 10.2. The van der Waals surface area contributed by atoms with E-state index < -0.39 is 0 Å². The predicted octanol–water partition coefficient (Wildman–Crippen LogP) is 3.71. The van der Waals surface area contributed by atoms with Gasteiger partial charge in [-0.05, 0) is 25.1 Å². The van der Waals surface area contributed by atoms with Gasteiger partial charge in [-0.15, -0.1) is 23.7 Å². The van der Waals surface area contributed by atoms with Crippen molar-refractivity contribution in [3.8, 4) is 0 Å². The maximum Gasteiger partial charge on any atom is 0.262 e. The van der Waals surface area contributed by atoms with Crippen molar-refractivity contribution in [2.24, 2.45) is 5.73 Å². The molecule has 0 aliphatic carbocycles. The maximum absolute atomic E-state index is 11.9. The number of rotatable bonds is 4. The van der Waals surface area contributed by atoms with E-state index in [9.17, 15) is 4.79 Å². The lowest BCUT2D eigenvalue weighted by Gasteiger charge is -2.01. The Balaban J connectivity index is 0.00000180. The molecule has 0 saturated heterocycles. The van der Waals surface area contributed by atoms with Gasteiger partial charge in [0.05, 0.1) is 5.02 Å². The third-order valence-electron chi connectivity index (χ3n) is 2.46. The Labute approximate surface area is 131 Å². The average Bonchev–Trinajstić information content (AvgIpc) is 2.66. The van der Waals surface area contributed by atoms with Gasteiger partial charge in [0.25, 0.3) is 5.91 Å². The van der Waals surface area contributed by atoms with E-state index in [-0.39, 0.29) is 18.3 Å². The topological polar surface area (TPSA) is 55.1 Å². The van der Waals surface area contributed by atoms with Crippen molar-refractivity contribution in [2.45, 2.75) is 6.42 Å². The first-order valence-electron chi connectivity index (χ1n) is 5.49. The third kappa shape index (κ3) is 3.74. The SMILES string of the molecule is Cl.NCCCNC(=O)c1sc2cc(Cl)ccc2c1Cl. The van der Waals surface area contributed by atoms with Gasteiger partial charge in [0.15, 0.2) is 0 Å². The van der Waals surface area contributed by atoms with Crippen LogP contribution in [0.5, 0.6) is 0 Å². The molecule has 2 aromatic rings. The molecule has 104 valence electrons. The van der Waals surface area contributed by atoms with Crippen LogP contribution >= 0.6 is 46.9 Å². The van der Waals surface area contributed by atoms with Crippen molar-refractivity contribution in [2.75, 3.05) is 13.1 Å². The molecular formula is C12H13Cl3N2OS. The molecule has 0 saturated carbocycles. The van der Waals surface area contributed by atoms with Gasteiger partial charge >= 0.3 is 0 Å². The van der Waals surface area contributed by atoms with Gasteiger partial charge in [-0.25, -0.2) is 0 Å². The number of carbonyl (C=O) groups is 1. The maximum atomic E-state index is 11.9. The molecule has 0 unspecified atom stereocenters. The van der Waals surface area contributed by atoms with Crippen molar-refractivity contribution in [1.82, 2.24) is 5.32 Å². The highest BCUT2D eigenvalue weighted by Gasteiger charge is 2.16. The highest BCUT2D eigenvalue weighted by Crippen LogP contribution is 2.36. The van der Waals surface area contributed by atoms with Crippen molar-refractivity contribution >= 4 is 62.9 Å². The Bertz CT molecular complexity index is 586. The van der Waals surface area contributed by atoms with Gasteiger partial charge in [-0.3, -0.25) is 4.79 Å². The summed E-state index contributed by atoms with van der Waals surface area (Å²) in [4.78, 5) is 12.5. The minimum Gasteiger partial charge on any atom is -0.351 e. The molecule has 0 radical (unpaired) electrons. The van der Waals surface area contributed by atoms with E-state index in [1.807, 2.05) is 12.1 Å². The molecule has 2 rings (SSSR count). The van der Waals surface area contributed by atoms with Crippen LogP contribution in [-0.4, -0.2) is 19.0 Å². The lowest BCUT2D eigenvalue weighted by molar-refractivity contribution is 0.0958. The molecule has 1 aromatic carbocycles. The van der Waals surface area contributed by atoms with Gasteiger partial charge in [0.1, 0.15) is 4.88 Å². The highest BCUT2D eigenvalue weighted by atomic mass is 35.5. The largest absolute Gasteiger partial charge is 0.351 e. The van der Waals surface area contributed by atoms with Crippen LogP contribution in [-0.2, 0) is 0 Å². The number of carbonyl (C=O) groups excluding carboxylic acids is 1. The van der Waals surface area contributed by atoms with Crippen LogP contribution in [0.25, 0.3) is 10.1 Å². The van der Waals surface area contributed by atoms with Crippen LogP contribution in [0.15, 0.2) is 18.2 Å². The third-order valence-corrected chi connectivity index (χ3v) is 4.36. The van der Waals surface area contributed by atoms with Crippen LogP contribution < -0.4 is 11.1 Å². The van der Waals surface area contributed by atoms with Gasteiger partial charge in [-0.1, -0.05) is 29.3 Å². The molecule has 3 N–H and O–H groups in total. The summed E-state index contributed by atoms with van der Waals surface area (Å²) in [6.45, 7) is 1.11. The Morgan fingerprint density at radius 3 is 2.79 bits per heavy atom. The standard InChI is InChI=1S/C12H12Cl2N2OS.ClH/c13-7-2-3-8-9(6-7)18-11(10(8)14)12(17)16-5-1-4-15;/h2-3,6H,1,4-5,15H2,(H,16,17);1H. The van der Waals surface area contributed by atoms with Crippen LogP contribution in [0.2, 0.25) is 10.0 Å². The fourth-order valence-corrected chi connectivity index (χ4v) is 3.28. The number of halogens is 3. The number of hydrogen-bond donors (Lipinski definition) is 2. The van der Waals surface area contributed by atoms with Gasteiger partial charge in [0, 0.05) is 21.7 Å². The molecule has 0 atom stereocenters. The Morgan fingerprint density at radius 1 is 1.37 bits per heavy atom. The van der Waals surface area contributed by atoms with Crippen LogP contribution in [0, 0.1) is 0 Å². The molecular weight excluding hydrogens is 327 g/mol. The summed E-state index contributed by atoms with van der Waals surface area (Å²) < 4.78 is 0.913. The molecule has 0 spiro atoms. The molecule has 3 nitrogen and oxygen atoms in total. The Hall–Kier alpha value is -0.520. The molecule has 7 heteroatoms. The smallest absolute Gasteiger partial charge is 0.262 e. The highest BCUT2D eigenvalue weighted by molar-refractivity contribution is 7.21. The molecule has 1 heterocycles. The number of fused-ring (bicyclic) bond motifs is 1. The van der Waals surface area contributed by atoms with Gasteiger partial charge in [-0.2, -0.15) is 0 Å². The number of thiophene rings is 1. The van der Waals surface area contributed by atoms with E-state index in [4.69, 9.17) is 28.9 Å². The first-order valence-corrected chi connectivity index (χ1v) is 7.06. The number of nitrogens with two attached hydrogens (primary N) is 1. The van der Waals surface area contributed by atoms with Gasteiger partial charge < -0.3 is 11.1 Å². The fraction of sp³-hybridized carbons (Fsp3) is 0.250. The van der Waals surface area contributed by atoms with E-state index in [0.29, 0.717) is 28.0 Å².